The fraction of sp³-hybridized carbons (Fsp3) is 0.222. The maximum Gasteiger partial charge on any atom is 1.00 e. The van der Waals surface area contributed by atoms with Crippen LogP contribution >= 0.6 is 0 Å². The first-order valence-electron chi connectivity index (χ1n) is 4.00. The maximum atomic E-state index is 11.2. The van der Waals surface area contributed by atoms with E-state index in [0.29, 0.717) is 0 Å². The monoisotopic (exact) mass is 217 g/mol. The van der Waals surface area contributed by atoms with E-state index < -0.39 is 11.9 Å². The summed E-state index contributed by atoms with van der Waals surface area (Å²) < 4.78 is 4.63. The Labute approximate surface area is 109 Å². The smallest absolute Gasteiger partial charge is 0.545 e. The molecule has 0 spiro atoms. The van der Waals surface area contributed by atoms with Gasteiger partial charge >= 0.3 is 35.5 Å². The largest absolute Gasteiger partial charge is 1.00 e. The van der Waals surface area contributed by atoms with E-state index in [-0.39, 0.29) is 47.4 Å². The molecule has 0 saturated carbocycles. The third-order valence-electron chi connectivity index (χ3n) is 1.50. The number of pyridine rings is 1. The second kappa shape index (κ2) is 6.55. The summed E-state index contributed by atoms with van der Waals surface area (Å²) in [5.74, 6) is -2.20. The zero-order valence-electron chi connectivity index (χ0n) is 8.52. The molecule has 0 saturated heterocycles. The normalized spacial score (nSPS) is 8.87. The van der Waals surface area contributed by atoms with Gasteiger partial charge < -0.3 is 14.6 Å². The predicted molar refractivity (Wildman–Crippen MR) is 44.5 cm³/mol. The molecular weight excluding hydrogens is 209 g/mol. The van der Waals surface area contributed by atoms with Gasteiger partial charge in [-0.05, 0) is 19.1 Å². The van der Waals surface area contributed by atoms with E-state index >= 15 is 0 Å². The fourth-order valence-electron chi connectivity index (χ4n) is 0.932. The van der Waals surface area contributed by atoms with Gasteiger partial charge in [-0.15, -0.1) is 0 Å². The number of carbonyl (C=O) groups excluding carboxylic acids is 2. The van der Waals surface area contributed by atoms with E-state index in [1.807, 2.05) is 0 Å². The number of hydrogen-bond donors (Lipinski definition) is 0. The van der Waals surface area contributed by atoms with Crippen LogP contribution in [0.15, 0.2) is 18.3 Å². The van der Waals surface area contributed by atoms with Gasteiger partial charge in [-0.2, -0.15) is 0 Å². The van der Waals surface area contributed by atoms with E-state index in [9.17, 15) is 14.7 Å². The second-order valence-electron chi connectivity index (χ2n) is 2.41. The van der Waals surface area contributed by atoms with Crippen molar-refractivity contribution >= 4 is 11.9 Å². The van der Waals surface area contributed by atoms with Crippen LogP contribution < -0.4 is 34.7 Å². The van der Waals surface area contributed by atoms with Gasteiger partial charge in [0.25, 0.3) is 0 Å². The molecule has 0 aromatic carbocycles. The molecule has 1 heterocycles. The Hall–Kier alpha value is -0.910. The maximum absolute atomic E-state index is 11.2. The Morgan fingerprint density at radius 3 is 2.73 bits per heavy atom. The molecule has 1 aromatic rings. The van der Waals surface area contributed by atoms with Crippen LogP contribution in [0.2, 0.25) is 0 Å². The van der Waals surface area contributed by atoms with E-state index in [0.717, 1.165) is 0 Å². The molecule has 5 nitrogen and oxygen atoms in total. The Balaban J connectivity index is 0.00000196. The molecule has 0 N–H and O–H groups in total. The van der Waals surface area contributed by atoms with E-state index in [1.165, 1.54) is 18.3 Å². The van der Waals surface area contributed by atoms with Crippen LogP contribution in [-0.4, -0.2) is 23.5 Å². The Bertz CT molecular complexity index is 367. The average Bonchev–Trinajstić information content (AvgIpc) is 2.18. The van der Waals surface area contributed by atoms with Crippen LogP contribution in [0.25, 0.3) is 0 Å². The van der Waals surface area contributed by atoms with E-state index in [1.54, 1.807) is 6.92 Å². The number of esters is 1. The van der Waals surface area contributed by atoms with Crippen LogP contribution in [0.5, 0.6) is 0 Å². The molecular formula is C9H8NNaO4. The number of aromatic carboxylic acids is 1. The first-order valence-corrected chi connectivity index (χ1v) is 4.00. The van der Waals surface area contributed by atoms with Gasteiger partial charge in [-0.1, -0.05) is 0 Å². The number of carboxylic acid groups (broad SMARTS) is 1. The van der Waals surface area contributed by atoms with Gasteiger partial charge in [-0.25, -0.2) is 9.78 Å². The Kier molecular flexibility index (Phi) is 6.15. The summed E-state index contributed by atoms with van der Waals surface area (Å²) in [7, 11) is 0. The van der Waals surface area contributed by atoms with Crippen LogP contribution in [0, 0.1) is 0 Å². The summed E-state index contributed by atoms with van der Waals surface area (Å²) >= 11 is 0. The molecule has 0 aliphatic carbocycles. The summed E-state index contributed by atoms with van der Waals surface area (Å²) in [6.45, 7) is 1.79. The second-order valence-corrected chi connectivity index (χ2v) is 2.41. The van der Waals surface area contributed by atoms with Crippen LogP contribution in [0.4, 0.5) is 0 Å². The number of rotatable bonds is 3. The van der Waals surface area contributed by atoms with Crippen molar-refractivity contribution < 1.29 is 49.0 Å². The number of ether oxygens (including phenoxy) is 1. The minimum absolute atomic E-state index is 0. The number of nitrogens with zero attached hydrogens (tertiary/aromatic N) is 1. The summed E-state index contributed by atoms with van der Waals surface area (Å²) in [6, 6.07) is 2.66. The molecule has 0 atom stereocenters. The first-order chi connectivity index (χ1) is 6.66. The Morgan fingerprint density at radius 1 is 1.53 bits per heavy atom. The molecule has 1 aromatic heterocycles. The third-order valence-corrected chi connectivity index (χ3v) is 1.50. The number of carboxylic acids is 1. The van der Waals surface area contributed by atoms with Crippen LogP contribution in [-0.2, 0) is 4.74 Å². The van der Waals surface area contributed by atoms with Gasteiger partial charge in [-0.3, -0.25) is 0 Å². The molecule has 1 rings (SSSR count). The summed E-state index contributed by atoms with van der Waals surface area (Å²) in [5, 5.41) is 10.6. The third kappa shape index (κ3) is 3.62. The number of hydrogen-bond acceptors (Lipinski definition) is 5. The Morgan fingerprint density at radius 2 is 2.20 bits per heavy atom. The van der Waals surface area contributed by atoms with Gasteiger partial charge in [0, 0.05) is 11.8 Å². The molecule has 0 unspecified atom stereocenters. The molecule has 0 fully saturated rings. The SMILES string of the molecule is CCOC(=O)c1ncccc1C(=O)[O-].[Na+]. The number of carbonyl (C=O) groups is 2. The van der Waals surface area contributed by atoms with Crippen molar-refractivity contribution in [1.29, 1.82) is 0 Å². The van der Waals surface area contributed by atoms with E-state index in [4.69, 9.17) is 0 Å². The zero-order chi connectivity index (χ0) is 10.6. The average molecular weight is 217 g/mol. The standard InChI is InChI=1S/C9H9NO4.Na/c1-2-14-9(13)7-6(8(11)12)4-3-5-10-7;/h3-5H,2H2,1H3,(H,11,12);/q;+1/p-1. The van der Waals surface area contributed by atoms with Gasteiger partial charge in [0.1, 0.15) is 0 Å². The van der Waals surface area contributed by atoms with Crippen molar-refractivity contribution in [3.05, 3.63) is 29.6 Å². The van der Waals surface area contributed by atoms with Crippen molar-refractivity contribution in [2.45, 2.75) is 6.92 Å². The molecule has 15 heavy (non-hydrogen) atoms. The molecule has 0 radical (unpaired) electrons. The molecule has 74 valence electrons. The van der Waals surface area contributed by atoms with Gasteiger partial charge in [0.2, 0.25) is 0 Å². The first kappa shape index (κ1) is 14.1. The van der Waals surface area contributed by atoms with E-state index in [2.05, 4.69) is 9.72 Å². The van der Waals surface area contributed by atoms with Crippen molar-refractivity contribution in [3.8, 4) is 0 Å². The minimum atomic E-state index is -1.44. The fourth-order valence-corrected chi connectivity index (χ4v) is 0.932. The molecule has 0 amide bonds. The molecule has 0 bridgehead atoms. The molecule has 0 aliphatic rings. The topological polar surface area (TPSA) is 79.3 Å². The summed E-state index contributed by atoms with van der Waals surface area (Å²) in [5.41, 5.74) is -0.486. The number of aromatic nitrogens is 1. The minimum Gasteiger partial charge on any atom is -0.545 e. The predicted octanol–water partition coefficient (Wildman–Crippen LogP) is -3.37. The van der Waals surface area contributed by atoms with Crippen molar-refractivity contribution in [2.24, 2.45) is 0 Å². The van der Waals surface area contributed by atoms with Gasteiger partial charge in [0.15, 0.2) is 5.69 Å². The van der Waals surface area contributed by atoms with Crippen LogP contribution in [0.3, 0.4) is 0 Å². The zero-order valence-corrected chi connectivity index (χ0v) is 10.5. The summed E-state index contributed by atoms with van der Waals surface area (Å²) in [6.07, 6.45) is 1.32. The van der Waals surface area contributed by atoms with Gasteiger partial charge in [0.05, 0.1) is 12.6 Å². The van der Waals surface area contributed by atoms with Crippen molar-refractivity contribution in [3.63, 3.8) is 0 Å². The van der Waals surface area contributed by atoms with Crippen LogP contribution in [0.1, 0.15) is 27.8 Å². The molecule has 6 heteroatoms. The summed E-state index contributed by atoms with van der Waals surface area (Å²) in [4.78, 5) is 25.4. The van der Waals surface area contributed by atoms with Crippen molar-refractivity contribution in [1.82, 2.24) is 4.98 Å². The molecule has 0 aliphatic heterocycles. The van der Waals surface area contributed by atoms with Crippen molar-refractivity contribution in [2.75, 3.05) is 6.61 Å². The quantitative estimate of drug-likeness (QED) is 0.390.